The van der Waals surface area contributed by atoms with Gasteiger partial charge < -0.3 is 15.7 Å². The van der Waals surface area contributed by atoms with E-state index in [1.54, 1.807) is 31.3 Å². The number of aromatic hydroxyl groups is 1. The molecular formula is C14H13FN2O2. The molecule has 4 nitrogen and oxygen atoms in total. The lowest BCUT2D eigenvalue weighted by Gasteiger charge is -2.18. The van der Waals surface area contributed by atoms with E-state index in [-0.39, 0.29) is 11.3 Å². The van der Waals surface area contributed by atoms with Gasteiger partial charge in [0, 0.05) is 24.5 Å². The number of phenols is 1. The highest BCUT2D eigenvalue weighted by Gasteiger charge is 2.17. The standard InChI is InChI=1S/C14H13FN2O2/c1-17(11-4-2-3-10(16)8-11)14(19)12-6-5-9(15)7-13(12)18/h2-8,18H,16H2,1H3. The van der Waals surface area contributed by atoms with Gasteiger partial charge in [-0.15, -0.1) is 0 Å². The number of nitrogens with two attached hydrogens (primary N) is 1. The molecule has 0 radical (unpaired) electrons. The Morgan fingerprint density at radius 2 is 2.00 bits per heavy atom. The number of carbonyl (C=O) groups is 1. The predicted octanol–water partition coefficient (Wildman–Crippen LogP) is 2.39. The van der Waals surface area contributed by atoms with Crippen molar-refractivity contribution < 1.29 is 14.3 Å². The Morgan fingerprint density at radius 1 is 1.26 bits per heavy atom. The summed E-state index contributed by atoms with van der Waals surface area (Å²) in [7, 11) is 1.56. The molecule has 19 heavy (non-hydrogen) atoms. The van der Waals surface area contributed by atoms with Crippen molar-refractivity contribution in [1.29, 1.82) is 0 Å². The van der Waals surface area contributed by atoms with Gasteiger partial charge in [-0.05, 0) is 30.3 Å². The third-order valence-electron chi connectivity index (χ3n) is 2.75. The van der Waals surface area contributed by atoms with Crippen LogP contribution in [0.3, 0.4) is 0 Å². The van der Waals surface area contributed by atoms with E-state index < -0.39 is 11.7 Å². The SMILES string of the molecule is CN(C(=O)c1ccc(F)cc1O)c1cccc(N)c1. The Hall–Kier alpha value is -2.56. The maximum Gasteiger partial charge on any atom is 0.261 e. The van der Waals surface area contributed by atoms with Crippen LogP contribution >= 0.6 is 0 Å². The summed E-state index contributed by atoms with van der Waals surface area (Å²) in [5.74, 6) is -1.43. The quantitative estimate of drug-likeness (QED) is 0.815. The van der Waals surface area contributed by atoms with Gasteiger partial charge in [0.25, 0.3) is 5.91 Å². The molecule has 0 unspecified atom stereocenters. The van der Waals surface area contributed by atoms with E-state index in [4.69, 9.17) is 5.73 Å². The van der Waals surface area contributed by atoms with E-state index in [0.29, 0.717) is 11.4 Å². The van der Waals surface area contributed by atoms with Crippen molar-refractivity contribution in [2.24, 2.45) is 0 Å². The second kappa shape index (κ2) is 4.97. The summed E-state index contributed by atoms with van der Waals surface area (Å²) in [5, 5.41) is 9.60. The van der Waals surface area contributed by atoms with Crippen molar-refractivity contribution in [3.63, 3.8) is 0 Å². The largest absolute Gasteiger partial charge is 0.507 e. The van der Waals surface area contributed by atoms with E-state index >= 15 is 0 Å². The molecule has 0 aliphatic carbocycles. The van der Waals surface area contributed by atoms with E-state index in [2.05, 4.69) is 0 Å². The minimum absolute atomic E-state index is 0.0336. The summed E-state index contributed by atoms with van der Waals surface area (Å²) in [6.07, 6.45) is 0. The van der Waals surface area contributed by atoms with Crippen molar-refractivity contribution in [1.82, 2.24) is 0 Å². The fourth-order valence-electron chi connectivity index (χ4n) is 1.72. The number of carbonyl (C=O) groups excluding carboxylic acids is 1. The van der Waals surface area contributed by atoms with Gasteiger partial charge in [-0.2, -0.15) is 0 Å². The van der Waals surface area contributed by atoms with Crippen molar-refractivity contribution in [3.8, 4) is 5.75 Å². The summed E-state index contributed by atoms with van der Waals surface area (Å²) in [6.45, 7) is 0. The third kappa shape index (κ3) is 2.65. The number of phenolic OH excluding ortho intramolecular Hbond substituents is 1. The number of amides is 1. The number of hydrogen-bond donors (Lipinski definition) is 2. The number of benzene rings is 2. The number of anilines is 2. The number of nitrogens with zero attached hydrogens (tertiary/aromatic N) is 1. The summed E-state index contributed by atoms with van der Waals surface area (Å²) >= 11 is 0. The van der Waals surface area contributed by atoms with E-state index in [9.17, 15) is 14.3 Å². The highest BCUT2D eigenvalue weighted by Crippen LogP contribution is 2.23. The smallest absolute Gasteiger partial charge is 0.261 e. The van der Waals surface area contributed by atoms with Gasteiger partial charge in [0.15, 0.2) is 0 Å². The van der Waals surface area contributed by atoms with E-state index in [1.807, 2.05) is 0 Å². The van der Waals surface area contributed by atoms with Crippen molar-refractivity contribution in [2.45, 2.75) is 0 Å². The zero-order chi connectivity index (χ0) is 14.0. The van der Waals surface area contributed by atoms with Gasteiger partial charge in [0.2, 0.25) is 0 Å². The van der Waals surface area contributed by atoms with E-state index in [1.165, 1.54) is 11.0 Å². The summed E-state index contributed by atoms with van der Waals surface area (Å²) in [5.41, 5.74) is 6.80. The van der Waals surface area contributed by atoms with Crippen LogP contribution in [0, 0.1) is 5.82 Å². The topological polar surface area (TPSA) is 66.6 Å². The summed E-state index contributed by atoms with van der Waals surface area (Å²) in [4.78, 5) is 13.5. The van der Waals surface area contributed by atoms with Gasteiger partial charge in [0.1, 0.15) is 11.6 Å². The molecule has 2 rings (SSSR count). The lowest BCUT2D eigenvalue weighted by atomic mass is 10.1. The van der Waals surface area contributed by atoms with Crippen molar-refractivity contribution in [3.05, 3.63) is 53.8 Å². The summed E-state index contributed by atoms with van der Waals surface area (Å²) in [6, 6.07) is 10.1. The number of halogens is 1. The van der Waals surface area contributed by atoms with Crippen LogP contribution in [-0.2, 0) is 0 Å². The molecule has 2 aromatic carbocycles. The second-order valence-electron chi connectivity index (χ2n) is 4.12. The highest BCUT2D eigenvalue weighted by atomic mass is 19.1. The molecular weight excluding hydrogens is 247 g/mol. The van der Waals surface area contributed by atoms with Crippen molar-refractivity contribution >= 4 is 17.3 Å². The molecule has 0 atom stereocenters. The highest BCUT2D eigenvalue weighted by molar-refractivity contribution is 6.07. The zero-order valence-corrected chi connectivity index (χ0v) is 10.3. The Labute approximate surface area is 109 Å². The molecule has 0 saturated carbocycles. The Balaban J connectivity index is 2.33. The zero-order valence-electron chi connectivity index (χ0n) is 10.3. The van der Waals surface area contributed by atoms with Gasteiger partial charge in [-0.25, -0.2) is 4.39 Å². The van der Waals surface area contributed by atoms with Crippen LogP contribution in [0.4, 0.5) is 15.8 Å². The maximum absolute atomic E-state index is 12.9. The van der Waals surface area contributed by atoms with Crippen LogP contribution in [0.1, 0.15) is 10.4 Å². The molecule has 3 N–H and O–H groups in total. The molecule has 2 aromatic rings. The molecule has 1 amide bonds. The van der Waals surface area contributed by atoms with Gasteiger partial charge >= 0.3 is 0 Å². The first-order valence-electron chi connectivity index (χ1n) is 5.61. The van der Waals surface area contributed by atoms with Crippen LogP contribution < -0.4 is 10.6 Å². The van der Waals surface area contributed by atoms with Crippen LogP contribution in [0.2, 0.25) is 0 Å². The van der Waals surface area contributed by atoms with Gasteiger partial charge in [0.05, 0.1) is 5.56 Å². The second-order valence-corrected chi connectivity index (χ2v) is 4.12. The first kappa shape index (κ1) is 12.9. The first-order chi connectivity index (χ1) is 8.99. The molecule has 98 valence electrons. The number of nitrogen functional groups attached to an aromatic ring is 1. The van der Waals surface area contributed by atoms with Crippen LogP contribution in [0.5, 0.6) is 5.75 Å². The Bertz CT molecular complexity index is 629. The molecule has 0 bridgehead atoms. The predicted molar refractivity (Wildman–Crippen MR) is 71.7 cm³/mol. The lowest BCUT2D eigenvalue weighted by Crippen LogP contribution is -2.26. The fraction of sp³-hybridized carbons (Fsp3) is 0.0714. The molecule has 0 fully saturated rings. The summed E-state index contributed by atoms with van der Waals surface area (Å²) < 4.78 is 12.9. The fourth-order valence-corrected chi connectivity index (χ4v) is 1.72. The average Bonchev–Trinajstić information content (AvgIpc) is 2.37. The minimum atomic E-state index is -0.597. The lowest BCUT2D eigenvalue weighted by molar-refractivity contribution is 0.0990. The molecule has 0 aliphatic rings. The van der Waals surface area contributed by atoms with Crippen LogP contribution in [-0.4, -0.2) is 18.1 Å². The van der Waals surface area contributed by atoms with E-state index in [0.717, 1.165) is 12.1 Å². The minimum Gasteiger partial charge on any atom is -0.507 e. The molecule has 0 aliphatic heterocycles. The van der Waals surface area contributed by atoms with Gasteiger partial charge in [-0.3, -0.25) is 4.79 Å². The number of hydrogen-bond acceptors (Lipinski definition) is 3. The molecule has 0 aromatic heterocycles. The maximum atomic E-state index is 12.9. The van der Waals surface area contributed by atoms with Crippen molar-refractivity contribution in [2.75, 3.05) is 17.7 Å². The molecule has 0 saturated heterocycles. The monoisotopic (exact) mass is 260 g/mol. The first-order valence-corrected chi connectivity index (χ1v) is 5.61. The molecule has 0 heterocycles. The third-order valence-corrected chi connectivity index (χ3v) is 2.75. The molecule has 0 spiro atoms. The van der Waals surface area contributed by atoms with Crippen LogP contribution in [0.25, 0.3) is 0 Å². The Kier molecular flexibility index (Phi) is 3.37. The average molecular weight is 260 g/mol. The number of rotatable bonds is 2. The van der Waals surface area contributed by atoms with Crippen LogP contribution in [0.15, 0.2) is 42.5 Å². The normalized spacial score (nSPS) is 10.2. The Morgan fingerprint density at radius 3 is 2.63 bits per heavy atom. The molecule has 5 heteroatoms. The van der Waals surface area contributed by atoms with Gasteiger partial charge in [-0.1, -0.05) is 6.07 Å².